The third-order valence-corrected chi connectivity index (χ3v) is 7.74. The Bertz CT molecular complexity index is 1230. The summed E-state index contributed by atoms with van der Waals surface area (Å²) < 4.78 is 31.8. The van der Waals surface area contributed by atoms with Crippen LogP contribution in [0.1, 0.15) is 59.4 Å². The highest BCUT2D eigenvalue weighted by Crippen LogP contribution is 2.25. The number of nitrogens with one attached hydrogen (secondary N) is 1. The average Bonchev–Trinajstić information content (AvgIpc) is 2.83. The van der Waals surface area contributed by atoms with E-state index in [-0.39, 0.29) is 37.7 Å². The number of nitrogens with zero attached hydrogens (tertiary/aromatic N) is 2. The molecular formula is C28H39Cl2N3O5S. The van der Waals surface area contributed by atoms with Crippen LogP contribution in [0.25, 0.3) is 0 Å². The van der Waals surface area contributed by atoms with E-state index >= 15 is 0 Å². The van der Waals surface area contributed by atoms with Crippen molar-refractivity contribution in [3.05, 3.63) is 58.1 Å². The molecule has 1 atom stereocenters. The molecule has 11 heteroatoms. The van der Waals surface area contributed by atoms with Crippen LogP contribution in [0.3, 0.4) is 0 Å². The van der Waals surface area contributed by atoms with Crippen LogP contribution in [0.5, 0.6) is 5.75 Å². The Morgan fingerprint density at radius 3 is 2.18 bits per heavy atom. The summed E-state index contributed by atoms with van der Waals surface area (Å²) in [6.45, 7) is 10.1. The molecule has 2 amide bonds. The van der Waals surface area contributed by atoms with Crippen molar-refractivity contribution >= 4 is 50.7 Å². The Balaban J connectivity index is 2.25. The highest BCUT2D eigenvalue weighted by Gasteiger charge is 2.31. The zero-order valence-corrected chi connectivity index (χ0v) is 25.8. The summed E-state index contributed by atoms with van der Waals surface area (Å²) >= 11 is 12.3. The van der Waals surface area contributed by atoms with Crippen LogP contribution in [0, 0.1) is 0 Å². The van der Waals surface area contributed by atoms with Crippen molar-refractivity contribution < 1.29 is 22.7 Å². The van der Waals surface area contributed by atoms with Gasteiger partial charge >= 0.3 is 0 Å². The van der Waals surface area contributed by atoms with Gasteiger partial charge in [-0.2, -0.15) is 0 Å². The lowest BCUT2D eigenvalue weighted by Gasteiger charge is -2.33. The van der Waals surface area contributed by atoms with E-state index in [1.165, 1.54) is 9.21 Å². The van der Waals surface area contributed by atoms with E-state index in [4.69, 9.17) is 27.9 Å². The van der Waals surface area contributed by atoms with Gasteiger partial charge in [-0.15, -0.1) is 0 Å². The molecule has 2 aromatic carbocycles. The van der Waals surface area contributed by atoms with Crippen LogP contribution in [-0.4, -0.2) is 56.1 Å². The normalized spacial score (nSPS) is 12.5. The second kappa shape index (κ2) is 14.2. The number of halogens is 2. The predicted octanol–water partition coefficient (Wildman–Crippen LogP) is 5.66. The summed E-state index contributed by atoms with van der Waals surface area (Å²) in [5.41, 5.74) is 0.736. The van der Waals surface area contributed by atoms with Crippen molar-refractivity contribution in [2.75, 3.05) is 23.7 Å². The first-order chi connectivity index (χ1) is 18.2. The van der Waals surface area contributed by atoms with Gasteiger partial charge < -0.3 is 15.0 Å². The quantitative estimate of drug-likeness (QED) is 0.320. The van der Waals surface area contributed by atoms with E-state index in [0.29, 0.717) is 34.5 Å². The largest absolute Gasteiger partial charge is 0.494 e. The van der Waals surface area contributed by atoms with E-state index in [9.17, 15) is 18.0 Å². The molecule has 8 nitrogen and oxygen atoms in total. The van der Waals surface area contributed by atoms with E-state index in [1.54, 1.807) is 42.5 Å². The summed E-state index contributed by atoms with van der Waals surface area (Å²) in [5.74, 6) is 0.115. The topological polar surface area (TPSA) is 96.0 Å². The molecule has 216 valence electrons. The van der Waals surface area contributed by atoms with Gasteiger partial charge in [-0.05, 0) is 82.5 Å². The second-order valence-electron chi connectivity index (χ2n) is 10.3. The first-order valence-corrected chi connectivity index (χ1v) is 15.5. The van der Waals surface area contributed by atoms with Crippen molar-refractivity contribution in [1.82, 2.24) is 10.2 Å². The fraction of sp³-hybridized carbons (Fsp3) is 0.500. The first-order valence-electron chi connectivity index (χ1n) is 12.9. The van der Waals surface area contributed by atoms with Crippen molar-refractivity contribution in [2.45, 2.75) is 72.0 Å². The number of rotatable bonds is 13. The molecule has 0 spiro atoms. The van der Waals surface area contributed by atoms with Gasteiger partial charge in [0.15, 0.2) is 0 Å². The van der Waals surface area contributed by atoms with Gasteiger partial charge in [0.25, 0.3) is 0 Å². The molecular weight excluding hydrogens is 561 g/mol. The number of carbonyl (C=O) groups is 2. The molecule has 0 saturated heterocycles. The van der Waals surface area contributed by atoms with Crippen molar-refractivity contribution in [3.63, 3.8) is 0 Å². The number of amides is 2. The van der Waals surface area contributed by atoms with Gasteiger partial charge in [-0.1, -0.05) is 36.2 Å². The first kappa shape index (κ1) is 32.7. The maximum absolute atomic E-state index is 13.6. The number of hydrogen-bond donors (Lipinski definition) is 1. The minimum absolute atomic E-state index is 0.0453. The monoisotopic (exact) mass is 599 g/mol. The maximum atomic E-state index is 13.6. The Kier molecular flexibility index (Phi) is 11.9. The van der Waals surface area contributed by atoms with E-state index in [0.717, 1.165) is 11.8 Å². The van der Waals surface area contributed by atoms with Crippen LogP contribution in [0.2, 0.25) is 10.0 Å². The van der Waals surface area contributed by atoms with Gasteiger partial charge in [0, 0.05) is 25.0 Å². The van der Waals surface area contributed by atoms with Crippen molar-refractivity contribution in [1.29, 1.82) is 0 Å². The maximum Gasteiger partial charge on any atom is 0.243 e. The Hall–Kier alpha value is -2.49. The molecule has 0 fully saturated rings. The van der Waals surface area contributed by atoms with E-state index in [2.05, 4.69) is 5.32 Å². The van der Waals surface area contributed by atoms with Gasteiger partial charge in [0.05, 0.1) is 28.6 Å². The number of benzene rings is 2. The Labute approximate surface area is 242 Å². The Morgan fingerprint density at radius 2 is 1.67 bits per heavy atom. The molecule has 0 unspecified atom stereocenters. The third-order valence-electron chi connectivity index (χ3n) is 5.81. The number of anilines is 1. The SMILES string of the molecule is CCOc1ccc(N(CCCC(=O)N(Cc2ccc(Cl)c(Cl)c2)[C@@H](CC)C(=O)NC(C)(C)C)S(C)(=O)=O)cc1. The lowest BCUT2D eigenvalue weighted by Crippen LogP contribution is -2.53. The fourth-order valence-corrected chi connectivity index (χ4v) is 5.37. The van der Waals surface area contributed by atoms with Gasteiger partial charge in [0.1, 0.15) is 11.8 Å². The minimum Gasteiger partial charge on any atom is -0.494 e. The van der Waals surface area contributed by atoms with E-state index in [1.807, 2.05) is 34.6 Å². The molecule has 0 aromatic heterocycles. The summed E-state index contributed by atoms with van der Waals surface area (Å²) in [7, 11) is -3.60. The molecule has 0 aliphatic rings. The summed E-state index contributed by atoms with van der Waals surface area (Å²) in [6.07, 6.45) is 1.83. The number of carbonyl (C=O) groups excluding carboxylic acids is 2. The Morgan fingerprint density at radius 1 is 1.03 bits per heavy atom. The smallest absolute Gasteiger partial charge is 0.243 e. The van der Waals surface area contributed by atoms with Crippen LogP contribution in [0.15, 0.2) is 42.5 Å². The molecule has 0 aliphatic heterocycles. The van der Waals surface area contributed by atoms with Gasteiger partial charge in [0.2, 0.25) is 21.8 Å². The van der Waals surface area contributed by atoms with Crippen molar-refractivity contribution in [2.24, 2.45) is 0 Å². The molecule has 1 N–H and O–H groups in total. The molecule has 0 heterocycles. The average molecular weight is 601 g/mol. The molecule has 0 aliphatic carbocycles. The van der Waals surface area contributed by atoms with Crippen molar-refractivity contribution in [3.8, 4) is 5.75 Å². The number of ether oxygens (including phenoxy) is 1. The minimum atomic E-state index is -3.60. The zero-order chi connectivity index (χ0) is 29.4. The summed E-state index contributed by atoms with van der Waals surface area (Å²) in [5, 5.41) is 3.71. The molecule has 2 aromatic rings. The lowest BCUT2D eigenvalue weighted by molar-refractivity contribution is -0.142. The number of hydrogen-bond acceptors (Lipinski definition) is 5. The second-order valence-corrected chi connectivity index (χ2v) is 13.0. The predicted molar refractivity (Wildman–Crippen MR) is 158 cm³/mol. The highest BCUT2D eigenvalue weighted by molar-refractivity contribution is 7.92. The molecule has 39 heavy (non-hydrogen) atoms. The molecule has 0 saturated carbocycles. The molecule has 2 rings (SSSR count). The van der Waals surface area contributed by atoms with Gasteiger partial charge in [-0.3, -0.25) is 13.9 Å². The molecule has 0 bridgehead atoms. The third kappa shape index (κ3) is 10.2. The molecule has 0 radical (unpaired) electrons. The lowest BCUT2D eigenvalue weighted by atomic mass is 10.0. The van der Waals surface area contributed by atoms with Crippen LogP contribution >= 0.6 is 23.2 Å². The fourth-order valence-electron chi connectivity index (χ4n) is 4.09. The summed E-state index contributed by atoms with van der Waals surface area (Å²) in [6, 6.07) is 11.1. The standard InChI is InChI=1S/C28H39Cl2N3O5S/c1-7-25(27(35)31-28(3,4)5)32(19-20-11-16-23(29)24(30)18-20)26(34)10-9-17-33(39(6,36)37)21-12-14-22(15-13-21)38-8-2/h11-16,18,25H,7-10,17,19H2,1-6H3,(H,31,35)/t25-/m0/s1. The number of sulfonamides is 1. The van der Waals surface area contributed by atoms with Crippen LogP contribution < -0.4 is 14.4 Å². The highest BCUT2D eigenvalue weighted by atomic mass is 35.5. The van der Waals surface area contributed by atoms with E-state index < -0.39 is 21.6 Å². The zero-order valence-electron chi connectivity index (χ0n) is 23.5. The van der Waals surface area contributed by atoms with Gasteiger partial charge in [-0.25, -0.2) is 8.42 Å². The van der Waals surface area contributed by atoms with Crippen LogP contribution in [-0.2, 0) is 26.2 Å². The van der Waals surface area contributed by atoms with Crippen LogP contribution in [0.4, 0.5) is 5.69 Å². The summed E-state index contributed by atoms with van der Waals surface area (Å²) in [4.78, 5) is 28.3.